The molecule has 5 saturated carbocycles. The second kappa shape index (κ2) is 17.0. The van der Waals surface area contributed by atoms with Gasteiger partial charge in [0.15, 0.2) is 5.78 Å². The molecular formula is C44H63NO7. The molecule has 1 aromatic rings. The maximum absolute atomic E-state index is 12.7. The Kier molecular flexibility index (Phi) is 12.6. The summed E-state index contributed by atoms with van der Waals surface area (Å²) in [4.78, 5) is 47.3. The van der Waals surface area contributed by atoms with Crippen molar-refractivity contribution < 1.29 is 33.8 Å². The predicted octanol–water partition coefficient (Wildman–Crippen LogP) is 8.77. The number of carboxylic acid groups (broad SMARTS) is 1. The van der Waals surface area contributed by atoms with Crippen LogP contribution in [-0.4, -0.2) is 41.4 Å². The number of carbonyl (C=O) groups is 4. The molecule has 0 radical (unpaired) electrons. The van der Waals surface area contributed by atoms with Gasteiger partial charge in [0.05, 0.1) is 5.92 Å². The third kappa shape index (κ3) is 8.85. The van der Waals surface area contributed by atoms with E-state index in [4.69, 9.17) is 20.3 Å². The van der Waals surface area contributed by atoms with Crippen LogP contribution in [-0.2, 0) is 30.3 Å². The number of fused-ring (bicyclic) bond motifs is 5. The molecule has 7 rings (SSSR count). The number of ether oxygens (including phenoxy) is 2. The van der Waals surface area contributed by atoms with Crippen LogP contribution in [0.15, 0.2) is 35.9 Å². The van der Waals surface area contributed by atoms with E-state index in [1.54, 1.807) is 24.3 Å². The Bertz CT molecular complexity index is 1450. The number of allylic oxidation sites excluding steroid dienone is 1. The molecule has 6 atom stereocenters. The Morgan fingerprint density at radius 1 is 0.827 bits per heavy atom. The lowest BCUT2D eigenvalue weighted by Gasteiger charge is -2.57. The van der Waals surface area contributed by atoms with E-state index in [9.17, 15) is 19.2 Å². The number of ketones is 1. The van der Waals surface area contributed by atoms with E-state index >= 15 is 0 Å². The first-order valence-electron chi connectivity index (χ1n) is 20.6. The molecule has 0 heterocycles. The molecule has 8 heteroatoms. The molecular weight excluding hydrogens is 654 g/mol. The SMILES string of the molecule is C[C@]12CC[C@H]3[C@@H](CCC4=CC(=O)CC[C@@]43C)[C@@H]1CC[C@@H]2OC(=O)CCC1CCCC1.NC[C@H]1CC[C@H](C(=O)Oc2ccc(CCC(=O)O)cc2)CC1. The van der Waals surface area contributed by atoms with E-state index in [0.717, 1.165) is 75.2 Å². The maximum Gasteiger partial charge on any atom is 0.314 e. The zero-order chi connectivity index (χ0) is 36.9. The number of carboxylic acids is 1. The van der Waals surface area contributed by atoms with Crippen LogP contribution in [0.5, 0.6) is 5.75 Å². The van der Waals surface area contributed by atoms with E-state index in [1.165, 1.54) is 56.9 Å². The molecule has 0 unspecified atom stereocenters. The molecule has 0 amide bonds. The van der Waals surface area contributed by atoms with Gasteiger partial charge in [0, 0.05) is 24.7 Å². The molecule has 0 aliphatic heterocycles. The lowest BCUT2D eigenvalue weighted by molar-refractivity contribution is -0.160. The van der Waals surface area contributed by atoms with Gasteiger partial charge in [0.25, 0.3) is 0 Å². The second-order valence-electron chi connectivity index (χ2n) is 17.7. The normalized spacial score (nSPS) is 34.1. The minimum Gasteiger partial charge on any atom is -0.481 e. The standard InChI is InChI=1S/C27H40O3.C17H23NO4/c1-26-15-13-20(28)17-19(26)8-9-21-22-10-11-24(27(22,2)16-14-23(21)26)30-25(29)12-7-18-5-3-4-6-18;18-11-13-1-6-14(7-2-13)17(21)22-15-8-3-12(4-9-15)5-10-16(19)20/h17-18,21-24H,3-16H2,1-2H3;3-4,8-9,13-14H,1-2,5-7,10-11,18H2,(H,19,20)/t21-,22-,23-,24-,26-,27-;13-,14-/m0./s1. The number of hydrogen-bond donors (Lipinski definition) is 2. The van der Waals surface area contributed by atoms with E-state index in [0.29, 0.717) is 48.7 Å². The highest BCUT2D eigenvalue weighted by Crippen LogP contribution is 2.65. The molecule has 6 aliphatic rings. The van der Waals surface area contributed by atoms with Gasteiger partial charge >= 0.3 is 17.9 Å². The number of esters is 2. The Morgan fingerprint density at radius 2 is 1.56 bits per heavy atom. The van der Waals surface area contributed by atoms with Crippen LogP contribution >= 0.6 is 0 Å². The first kappa shape index (κ1) is 38.7. The number of aliphatic carboxylic acids is 1. The lowest BCUT2D eigenvalue weighted by Crippen LogP contribution is -2.51. The third-order valence-electron chi connectivity index (χ3n) is 14.7. The van der Waals surface area contributed by atoms with Gasteiger partial charge in [-0.3, -0.25) is 19.2 Å². The lowest BCUT2D eigenvalue weighted by atomic mass is 9.47. The van der Waals surface area contributed by atoms with Crippen molar-refractivity contribution in [3.8, 4) is 5.75 Å². The van der Waals surface area contributed by atoms with Gasteiger partial charge in [-0.05, 0) is 149 Å². The van der Waals surface area contributed by atoms with Crippen molar-refractivity contribution in [1.29, 1.82) is 0 Å². The van der Waals surface area contributed by atoms with Crippen molar-refractivity contribution in [3.63, 3.8) is 0 Å². The van der Waals surface area contributed by atoms with Crippen LogP contribution in [0.25, 0.3) is 0 Å². The fourth-order valence-corrected chi connectivity index (χ4v) is 11.4. The molecule has 0 saturated heterocycles. The zero-order valence-corrected chi connectivity index (χ0v) is 31.8. The quantitative estimate of drug-likeness (QED) is 0.181. The monoisotopic (exact) mass is 717 g/mol. The Hall–Kier alpha value is -3.00. The summed E-state index contributed by atoms with van der Waals surface area (Å²) >= 11 is 0. The number of rotatable bonds is 10. The van der Waals surface area contributed by atoms with E-state index in [-0.39, 0.29) is 41.2 Å². The van der Waals surface area contributed by atoms with Gasteiger partial charge < -0.3 is 20.3 Å². The predicted molar refractivity (Wildman–Crippen MR) is 200 cm³/mol. The Balaban J connectivity index is 0.000000188. The Labute approximate surface area is 311 Å². The second-order valence-corrected chi connectivity index (χ2v) is 17.7. The van der Waals surface area contributed by atoms with Crippen molar-refractivity contribution in [1.82, 2.24) is 0 Å². The van der Waals surface area contributed by atoms with Gasteiger partial charge in [-0.1, -0.05) is 57.2 Å². The summed E-state index contributed by atoms with van der Waals surface area (Å²) in [7, 11) is 0. The molecule has 3 N–H and O–H groups in total. The van der Waals surface area contributed by atoms with Crippen molar-refractivity contribution in [2.24, 2.45) is 52.1 Å². The van der Waals surface area contributed by atoms with Crippen LogP contribution in [0, 0.1) is 46.3 Å². The number of hydrogen-bond acceptors (Lipinski definition) is 7. The fraction of sp³-hybridized carbons (Fsp3) is 0.727. The van der Waals surface area contributed by atoms with Gasteiger partial charge in [0.1, 0.15) is 11.9 Å². The summed E-state index contributed by atoms with van der Waals surface area (Å²) in [6.07, 6.45) is 22.1. The molecule has 0 aromatic heterocycles. The number of carbonyl (C=O) groups excluding carboxylic acids is 3. The summed E-state index contributed by atoms with van der Waals surface area (Å²) in [5.41, 5.74) is 8.41. The smallest absolute Gasteiger partial charge is 0.314 e. The molecule has 6 aliphatic carbocycles. The van der Waals surface area contributed by atoms with Gasteiger partial charge in [-0.15, -0.1) is 0 Å². The number of nitrogens with two attached hydrogens (primary N) is 1. The third-order valence-corrected chi connectivity index (χ3v) is 14.7. The fourth-order valence-electron chi connectivity index (χ4n) is 11.4. The topological polar surface area (TPSA) is 133 Å². The van der Waals surface area contributed by atoms with Gasteiger partial charge in [-0.2, -0.15) is 0 Å². The summed E-state index contributed by atoms with van der Waals surface area (Å²) < 4.78 is 11.6. The van der Waals surface area contributed by atoms with E-state index in [1.807, 2.05) is 6.08 Å². The first-order chi connectivity index (χ1) is 25.0. The highest BCUT2D eigenvalue weighted by atomic mass is 16.5. The molecule has 1 aromatic carbocycles. The van der Waals surface area contributed by atoms with Crippen molar-refractivity contribution >= 4 is 23.7 Å². The maximum atomic E-state index is 12.7. The van der Waals surface area contributed by atoms with Crippen molar-refractivity contribution in [2.45, 2.75) is 148 Å². The molecule has 5 fully saturated rings. The Morgan fingerprint density at radius 3 is 2.25 bits per heavy atom. The summed E-state index contributed by atoms with van der Waals surface area (Å²) in [5, 5.41) is 8.65. The van der Waals surface area contributed by atoms with Crippen molar-refractivity contribution in [2.75, 3.05) is 6.54 Å². The molecule has 8 nitrogen and oxygen atoms in total. The average molecular weight is 718 g/mol. The van der Waals surface area contributed by atoms with Crippen LogP contribution in [0.2, 0.25) is 0 Å². The highest BCUT2D eigenvalue weighted by molar-refractivity contribution is 5.91. The number of aryl methyl sites for hydroxylation is 1. The van der Waals surface area contributed by atoms with Crippen LogP contribution in [0.1, 0.15) is 141 Å². The van der Waals surface area contributed by atoms with Gasteiger partial charge in [0.2, 0.25) is 0 Å². The van der Waals surface area contributed by atoms with Crippen LogP contribution < -0.4 is 10.5 Å². The summed E-state index contributed by atoms with van der Waals surface area (Å²) in [6.45, 7) is 5.56. The largest absolute Gasteiger partial charge is 0.481 e. The van der Waals surface area contributed by atoms with Gasteiger partial charge in [-0.25, -0.2) is 0 Å². The first-order valence-corrected chi connectivity index (χ1v) is 20.6. The molecule has 286 valence electrons. The molecule has 52 heavy (non-hydrogen) atoms. The highest BCUT2D eigenvalue weighted by Gasteiger charge is 2.60. The van der Waals surface area contributed by atoms with Crippen LogP contribution in [0.4, 0.5) is 0 Å². The minimum absolute atomic E-state index is 0.0329. The summed E-state index contributed by atoms with van der Waals surface area (Å²) in [6, 6.07) is 7.05. The number of benzene rings is 1. The van der Waals surface area contributed by atoms with Crippen LogP contribution in [0.3, 0.4) is 0 Å². The zero-order valence-electron chi connectivity index (χ0n) is 31.8. The summed E-state index contributed by atoms with van der Waals surface area (Å²) in [5.74, 6) is 3.32. The van der Waals surface area contributed by atoms with E-state index in [2.05, 4.69) is 13.8 Å². The minimum atomic E-state index is -0.816. The molecule has 0 spiro atoms. The van der Waals surface area contributed by atoms with E-state index < -0.39 is 5.97 Å². The molecule has 0 bridgehead atoms. The average Bonchev–Trinajstić information content (AvgIpc) is 3.79. The van der Waals surface area contributed by atoms with Crippen molar-refractivity contribution in [3.05, 3.63) is 41.5 Å².